The summed E-state index contributed by atoms with van der Waals surface area (Å²) < 4.78 is 7.09. The highest BCUT2D eigenvalue weighted by atomic mass is 32.2. The molecule has 0 saturated carbocycles. The van der Waals surface area contributed by atoms with Crippen molar-refractivity contribution in [3.05, 3.63) is 35.7 Å². The van der Waals surface area contributed by atoms with Crippen molar-refractivity contribution in [2.45, 2.75) is 37.4 Å². The second-order valence-corrected chi connectivity index (χ2v) is 6.23. The van der Waals surface area contributed by atoms with E-state index >= 15 is 0 Å². The van der Waals surface area contributed by atoms with E-state index in [1.54, 1.807) is 31.4 Å². The van der Waals surface area contributed by atoms with Crippen molar-refractivity contribution in [1.82, 2.24) is 14.8 Å². The van der Waals surface area contributed by atoms with Crippen LogP contribution in [0.4, 0.5) is 0 Å². The van der Waals surface area contributed by atoms with Gasteiger partial charge in [0.15, 0.2) is 5.78 Å². The first-order valence-electron chi connectivity index (χ1n) is 7.50. The summed E-state index contributed by atoms with van der Waals surface area (Å²) >= 11 is 1.41. The normalized spacial score (nSPS) is 14.2. The Morgan fingerprint density at radius 1 is 1.27 bits per heavy atom. The number of ether oxygens (including phenoxy) is 1. The zero-order valence-corrected chi connectivity index (χ0v) is 13.4. The molecule has 0 N–H and O–H groups in total. The van der Waals surface area contributed by atoms with Crippen molar-refractivity contribution in [3.8, 4) is 5.75 Å². The number of nitrogens with zero attached hydrogens (tertiary/aromatic N) is 3. The van der Waals surface area contributed by atoms with Gasteiger partial charge in [0.05, 0.1) is 12.9 Å². The zero-order valence-electron chi connectivity index (χ0n) is 12.6. The molecule has 5 nitrogen and oxygen atoms in total. The van der Waals surface area contributed by atoms with Gasteiger partial charge in [0.2, 0.25) is 5.16 Å². The summed E-state index contributed by atoms with van der Waals surface area (Å²) in [5.74, 6) is 2.24. The van der Waals surface area contributed by atoms with E-state index in [1.165, 1.54) is 24.6 Å². The molecular weight excluding hydrogens is 298 g/mol. The summed E-state index contributed by atoms with van der Waals surface area (Å²) in [5, 5.41) is 5.21. The lowest BCUT2D eigenvalue weighted by atomic mass is 10.1. The number of aryl methyl sites for hydroxylation is 2. The molecule has 1 aromatic carbocycles. The molecule has 0 amide bonds. The van der Waals surface area contributed by atoms with Gasteiger partial charge in [-0.2, -0.15) is 0 Å². The molecule has 0 saturated heterocycles. The lowest BCUT2D eigenvalue weighted by molar-refractivity contribution is 0.102. The molecular formula is C16H19N3O2S. The largest absolute Gasteiger partial charge is 0.497 e. The number of fused-ring (bicyclic) bond motifs is 1. The lowest BCUT2D eigenvalue weighted by Gasteiger charge is -2.02. The van der Waals surface area contributed by atoms with Gasteiger partial charge in [-0.05, 0) is 37.1 Å². The van der Waals surface area contributed by atoms with Crippen molar-refractivity contribution in [1.29, 1.82) is 0 Å². The third kappa shape index (κ3) is 3.50. The van der Waals surface area contributed by atoms with Crippen LogP contribution in [-0.4, -0.2) is 33.4 Å². The molecule has 0 unspecified atom stereocenters. The van der Waals surface area contributed by atoms with Crippen molar-refractivity contribution in [2.24, 2.45) is 0 Å². The van der Waals surface area contributed by atoms with Gasteiger partial charge in [-0.15, -0.1) is 5.10 Å². The second-order valence-electron chi connectivity index (χ2n) is 5.28. The summed E-state index contributed by atoms with van der Waals surface area (Å²) in [6.07, 6.45) is 4.56. The molecule has 6 heteroatoms. The van der Waals surface area contributed by atoms with Crippen LogP contribution in [0.1, 0.15) is 35.4 Å². The highest BCUT2D eigenvalue weighted by Gasteiger charge is 2.14. The summed E-state index contributed by atoms with van der Waals surface area (Å²) in [6.45, 7) is 0.940. The third-order valence-electron chi connectivity index (χ3n) is 3.74. The van der Waals surface area contributed by atoms with Crippen LogP contribution < -0.4 is 4.74 Å². The maximum atomic E-state index is 12.2. The topological polar surface area (TPSA) is 57.0 Å². The summed E-state index contributed by atoms with van der Waals surface area (Å²) in [7, 11) is 1.61. The average Bonchev–Trinajstić information content (AvgIpc) is 2.82. The van der Waals surface area contributed by atoms with Crippen LogP contribution in [0, 0.1) is 0 Å². The van der Waals surface area contributed by atoms with Crippen LogP contribution >= 0.6 is 11.8 Å². The SMILES string of the molecule is COc1ccc(C(=O)CSc2nc3n(n2)CCCCC3)cc1. The standard InChI is InChI=1S/C16H19N3O2S/c1-21-13-8-6-12(7-9-13)14(20)11-22-16-17-15-5-3-2-4-10-19(15)18-16/h6-9H,2-5,10-11H2,1H3. The van der Waals surface area contributed by atoms with E-state index in [4.69, 9.17) is 4.74 Å². The Hall–Kier alpha value is -1.82. The number of rotatable bonds is 5. The van der Waals surface area contributed by atoms with Crippen LogP contribution in [0.3, 0.4) is 0 Å². The molecule has 0 spiro atoms. The van der Waals surface area contributed by atoms with Gasteiger partial charge in [-0.25, -0.2) is 9.67 Å². The van der Waals surface area contributed by atoms with Crippen molar-refractivity contribution in [2.75, 3.05) is 12.9 Å². The van der Waals surface area contributed by atoms with Crippen LogP contribution in [0.15, 0.2) is 29.4 Å². The molecule has 0 bridgehead atoms. The number of carbonyl (C=O) groups is 1. The van der Waals surface area contributed by atoms with Gasteiger partial charge < -0.3 is 4.74 Å². The van der Waals surface area contributed by atoms with Gasteiger partial charge in [0.25, 0.3) is 0 Å². The van der Waals surface area contributed by atoms with Gasteiger partial charge in [-0.1, -0.05) is 18.2 Å². The minimum atomic E-state index is 0.0812. The molecule has 0 atom stereocenters. The van der Waals surface area contributed by atoms with Crippen LogP contribution in [0.2, 0.25) is 0 Å². The average molecular weight is 317 g/mol. The van der Waals surface area contributed by atoms with Crippen molar-refractivity contribution >= 4 is 17.5 Å². The van der Waals surface area contributed by atoms with E-state index in [-0.39, 0.29) is 5.78 Å². The van der Waals surface area contributed by atoms with Crippen LogP contribution in [0.25, 0.3) is 0 Å². The molecule has 1 aromatic heterocycles. The summed E-state index contributed by atoms with van der Waals surface area (Å²) in [4.78, 5) is 16.7. The highest BCUT2D eigenvalue weighted by molar-refractivity contribution is 7.99. The summed E-state index contributed by atoms with van der Waals surface area (Å²) in [6, 6.07) is 7.18. The fraction of sp³-hybridized carbons (Fsp3) is 0.438. The van der Waals surface area contributed by atoms with Crippen molar-refractivity contribution < 1.29 is 9.53 Å². The maximum Gasteiger partial charge on any atom is 0.209 e. The minimum absolute atomic E-state index is 0.0812. The Morgan fingerprint density at radius 2 is 2.09 bits per heavy atom. The number of Topliss-reactive ketones (excluding diaryl/α,β-unsaturated/α-hetero) is 1. The predicted octanol–water partition coefficient (Wildman–Crippen LogP) is 2.99. The van der Waals surface area contributed by atoms with Gasteiger partial charge in [0, 0.05) is 18.5 Å². The second kappa shape index (κ2) is 6.96. The molecule has 1 aliphatic rings. The first kappa shape index (κ1) is 15.1. The molecule has 116 valence electrons. The Kier molecular flexibility index (Phi) is 4.77. The first-order chi connectivity index (χ1) is 10.8. The predicted molar refractivity (Wildman–Crippen MR) is 85.6 cm³/mol. The van der Waals surface area contributed by atoms with E-state index in [1.807, 2.05) is 4.68 Å². The van der Waals surface area contributed by atoms with E-state index in [9.17, 15) is 4.79 Å². The quantitative estimate of drug-likeness (QED) is 0.627. The molecule has 2 aromatic rings. The van der Waals surface area contributed by atoms with Crippen LogP contribution in [0.5, 0.6) is 5.75 Å². The molecule has 22 heavy (non-hydrogen) atoms. The molecule has 3 rings (SSSR count). The number of ketones is 1. The molecule has 0 radical (unpaired) electrons. The fourth-order valence-corrected chi connectivity index (χ4v) is 3.24. The Balaban J connectivity index is 1.60. The smallest absolute Gasteiger partial charge is 0.209 e. The first-order valence-corrected chi connectivity index (χ1v) is 8.48. The van der Waals surface area contributed by atoms with E-state index < -0.39 is 0 Å². The van der Waals surface area contributed by atoms with Crippen molar-refractivity contribution in [3.63, 3.8) is 0 Å². The fourth-order valence-electron chi connectivity index (χ4n) is 2.49. The number of carbonyl (C=O) groups excluding carboxylic acids is 1. The maximum absolute atomic E-state index is 12.2. The Morgan fingerprint density at radius 3 is 2.86 bits per heavy atom. The minimum Gasteiger partial charge on any atom is -0.497 e. The Bertz CT molecular complexity index is 628. The lowest BCUT2D eigenvalue weighted by Crippen LogP contribution is -2.03. The molecule has 1 aliphatic heterocycles. The van der Waals surface area contributed by atoms with E-state index in [2.05, 4.69) is 10.1 Å². The van der Waals surface area contributed by atoms with E-state index in [0.29, 0.717) is 16.5 Å². The highest BCUT2D eigenvalue weighted by Crippen LogP contribution is 2.20. The number of hydrogen-bond donors (Lipinski definition) is 0. The molecule has 0 fully saturated rings. The monoisotopic (exact) mass is 317 g/mol. The van der Waals surface area contributed by atoms with Gasteiger partial charge in [0.1, 0.15) is 11.6 Å². The number of hydrogen-bond acceptors (Lipinski definition) is 5. The molecule has 2 heterocycles. The number of methoxy groups -OCH3 is 1. The van der Waals surface area contributed by atoms with Crippen LogP contribution in [-0.2, 0) is 13.0 Å². The van der Waals surface area contributed by atoms with E-state index in [0.717, 1.165) is 31.0 Å². The molecule has 0 aliphatic carbocycles. The zero-order chi connectivity index (χ0) is 15.4. The van der Waals surface area contributed by atoms with Gasteiger partial charge in [-0.3, -0.25) is 4.79 Å². The third-order valence-corrected chi connectivity index (χ3v) is 4.58. The number of thioether (sulfide) groups is 1. The number of aromatic nitrogens is 3. The Labute approximate surface area is 134 Å². The number of benzene rings is 1. The summed E-state index contributed by atoms with van der Waals surface area (Å²) in [5.41, 5.74) is 0.689. The van der Waals surface area contributed by atoms with Gasteiger partial charge >= 0.3 is 0 Å².